The molecule has 2 nitrogen and oxygen atoms in total. The minimum absolute atomic E-state index is 0.0104. The van der Waals surface area contributed by atoms with Crippen LogP contribution >= 0.6 is 23.1 Å². The van der Waals surface area contributed by atoms with Crippen molar-refractivity contribution in [1.29, 1.82) is 0 Å². The van der Waals surface area contributed by atoms with Gasteiger partial charge in [-0.2, -0.15) is 4.37 Å². The molecule has 0 aliphatic heterocycles. The number of hydrogen-bond donors (Lipinski definition) is 1. The zero-order chi connectivity index (χ0) is 5.98. The van der Waals surface area contributed by atoms with E-state index in [1.165, 1.54) is 17.7 Å². The molecule has 1 aromatic heterocycles. The molecule has 0 unspecified atom stereocenters. The normalized spacial score (nSPS) is 9.75. The van der Waals surface area contributed by atoms with Gasteiger partial charge in [0.05, 0.1) is 22.7 Å². The largest absolute Gasteiger partial charge is 0.391 e. The number of halogens is 1. The number of aromatic nitrogens is 1. The van der Waals surface area contributed by atoms with Crippen LogP contribution in [-0.4, -0.2) is 9.48 Å². The summed E-state index contributed by atoms with van der Waals surface area (Å²) in [4.78, 5) is 0.728. The van der Waals surface area contributed by atoms with Gasteiger partial charge in [-0.3, -0.25) is 0 Å². The molecular weight excluding hydrogens is 146 g/mol. The molecule has 0 radical (unpaired) electrons. The Morgan fingerprint density at radius 1 is 1.88 bits per heavy atom. The molecule has 1 heterocycles. The third-order valence-electron chi connectivity index (χ3n) is 0.739. The Morgan fingerprint density at radius 2 is 2.62 bits per heavy atom. The Labute approximate surface area is 55.9 Å². The molecule has 44 valence electrons. The lowest BCUT2D eigenvalue weighted by Gasteiger charge is -1.82. The Morgan fingerprint density at radius 3 is 2.88 bits per heavy atom. The molecule has 0 bridgehead atoms. The summed E-state index contributed by atoms with van der Waals surface area (Å²) in [5.74, 6) is 0. The Balaban J connectivity index is 2.92. The highest BCUT2D eigenvalue weighted by Crippen LogP contribution is 2.17. The van der Waals surface area contributed by atoms with Crippen molar-refractivity contribution in [2.75, 3.05) is 0 Å². The van der Waals surface area contributed by atoms with Crippen LogP contribution in [-0.2, 0) is 6.61 Å². The molecule has 1 N–H and O–H groups in total. The van der Waals surface area contributed by atoms with Crippen molar-refractivity contribution in [1.82, 2.24) is 4.37 Å². The summed E-state index contributed by atoms with van der Waals surface area (Å²) < 4.78 is 3.74. The second-order valence-electron chi connectivity index (χ2n) is 1.26. The summed E-state index contributed by atoms with van der Waals surface area (Å²) >= 11 is 6.75. The number of hydrogen-bond acceptors (Lipinski definition) is 3. The molecule has 8 heavy (non-hydrogen) atoms. The highest BCUT2D eigenvalue weighted by Gasteiger charge is 1.98. The molecule has 0 amide bonds. The third-order valence-corrected chi connectivity index (χ3v) is 1.96. The van der Waals surface area contributed by atoms with E-state index in [2.05, 4.69) is 4.37 Å². The number of aliphatic hydroxyl groups is 1. The summed E-state index contributed by atoms with van der Waals surface area (Å²) in [5.41, 5.74) is 0. The first-order valence-electron chi connectivity index (χ1n) is 2.04. The molecule has 0 spiro atoms. The maximum absolute atomic E-state index is 8.49. The second-order valence-corrected chi connectivity index (χ2v) is 2.55. The van der Waals surface area contributed by atoms with Crippen molar-refractivity contribution in [2.45, 2.75) is 6.61 Å². The van der Waals surface area contributed by atoms with Gasteiger partial charge in [-0.15, -0.1) is 0 Å². The molecule has 0 aliphatic carbocycles. The van der Waals surface area contributed by atoms with Gasteiger partial charge in [0.25, 0.3) is 0 Å². The van der Waals surface area contributed by atoms with Gasteiger partial charge in [-0.25, -0.2) is 0 Å². The van der Waals surface area contributed by atoms with E-state index >= 15 is 0 Å². The molecule has 4 heteroatoms. The van der Waals surface area contributed by atoms with Crippen LogP contribution in [0.2, 0.25) is 5.02 Å². The lowest BCUT2D eigenvalue weighted by Crippen LogP contribution is -1.73. The molecular formula is C4H4ClNOS. The van der Waals surface area contributed by atoms with Gasteiger partial charge < -0.3 is 5.11 Å². The SMILES string of the molecule is OCc1sncc1Cl. The van der Waals surface area contributed by atoms with E-state index < -0.39 is 0 Å². The van der Waals surface area contributed by atoms with E-state index in [0.29, 0.717) is 5.02 Å². The zero-order valence-electron chi connectivity index (χ0n) is 3.97. The van der Waals surface area contributed by atoms with Gasteiger partial charge in [0.2, 0.25) is 0 Å². The number of rotatable bonds is 1. The van der Waals surface area contributed by atoms with Gasteiger partial charge in [0, 0.05) is 0 Å². The predicted molar refractivity (Wildman–Crippen MR) is 33.0 cm³/mol. The van der Waals surface area contributed by atoms with Gasteiger partial charge in [0.1, 0.15) is 0 Å². The van der Waals surface area contributed by atoms with E-state index in [-0.39, 0.29) is 6.61 Å². The van der Waals surface area contributed by atoms with Crippen molar-refractivity contribution in [2.24, 2.45) is 0 Å². The fourth-order valence-corrected chi connectivity index (χ4v) is 1.11. The average molecular weight is 150 g/mol. The Kier molecular flexibility index (Phi) is 1.83. The summed E-state index contributed by atoms with van der Waals surface area (Å²) in [6.45, 7) is -0.0104. The van der Waals surface area contributed by atoms with Crippen molar-refractivity contribution >= 4 is 23.1 Å². The number of aliphatic hydroxyl groups excluding tert-OH is 1. The summed E-state index contributed by atoms with van der Waals surface area (Å²) in [5, 5.41) is 9.05. The summed E-state index contributed by atoms with van der Waals surface area (Å²) in [6.07, 6.45) is 1.53. The first kappa shape index (κ1) is 6.01. The van der Waals surface area contributed by atoms with E-state index in [9.17, 15) is 0 Å². The molecule has 1 rings (SSSR count). The fourth-order valence-electron chi connectivity index (χ4n) is 0.356. The third kappa shape index (κ3) is 0.992. The maximum Gasteiger partial charge on any atom is 0.0805 e. The van der Waals surface area contributed by atoms with E-state index in [4.69, 9.17) is 16.7 Å². The van der Waals surface area contributed by atoms with Gasteiger partial charge in [0.15, 0.2) is 0 Å². The lowest BCUT2D eigenvalue weighted by atomic mass is 10.5. The molecule has 0 aliphatic rings. The Hall–Kier alpha value is -0.120. The lowest BCUT2D eigenvalue weighted by molar-refractivity contribution is 0.285. The van der Waals surface area contributed by atoms with Crippen molar-refractivity contribution in [3.05, 3.63) is 16.1 Å². The van der Waals surface area contributed by atoms with Gasteiger partial charge >= 0.3 is 0 Å². The second kappa shape index (κ2) is 2.44. The molecule has 1 aromatic rings. The van der Waals surface area contributed by atoms with Crippen molar-refractivity contribution in [3.8, 4) is 0 Å². The van der Waals surface area contributed by atoms with Gasteiger partial charge in [-0.1, -0.05) is 11.6 Å². The van der Waals surface area contributed by atoms with Crippen LogP contribution in [0, 0.1) is 0 Å². The standard InChI is InChI=1S/C4H4ClNOS/c5-3-1-6-8-4(3)2-7/h1,7H,2H2. The van der Waals surface area contributed by atoms with Gasteiger partial charge in [-0.05, 0) is 11.5 Å². The average Bonchev–Trinajstić information content (AvgIpc) is 2.14. The van der Waals surface area contributed by atoms with Crippen LogP contribution in [0.1, 0.15) is 4.88 Å². The fraction of sp³-hybridized carbons (Fsp3) is 0.250. The highest BCUT2D eigenvalue weighted by atomic mass is 35.5. The minimum atomic E-state index is -0.0104. The molecule has 0 aromatic carbocycles. The smallest absolute Gasteiger partial charge is 0.0805 e. The van der Waals surface area contributed by atoms with Crippen molar-refractivity contribution < 1.29 is 5.11 Å². The molecule has 0 fully saturated rings. The first-order valence-corrected chi connectivity index (χ1v) is 3.19. The molecule has 0 saturated carbocycles. The predicted octanol–water partition coefficient (Wildman–Crippen LogP) is 1.29. The van der Waals surface area contributed by atoms with Crippen LogP contribution in [0.3, 0.4) is 0 Å². The quantitative estimate of drug-likeness (QED) is 0.653. The topological polar surface area (TPSA) is 33.1 Å². The first-order chi connectivity index (χ1) is 3.84. The highest BCUT2D eigenvalue weighted by molar-refractivity contribution is 7.06. The van der Waals surface area contributed by atoms with E-state index in [1.54, 1.807) is 0 Å². The molecule has 0 saturated heterocycles. The van der Waals surface area contributed by atoms with E-state index in [0.717, 1.165) is 4.88 Å². The van der Waals surface area contributed by atoms with Crippen LogP contribution in [0.5, 0.6) is 0 Å². The number of nitrogens with zero attached hydrogens (tertiary/aromatic N) is 1. The monoisotopic (exact) mass is 149 g/mol. The van der Waals surface area contributed by atoms with Crippen LogP contribution in [0.15, 0.2) is 6.20 Å². The van der Waals surface area contributed by atoms with Crippen molar-refractivity contribution in [3.63, 3.8) is 0 Å². The zero-order valence-corrected chi connectivity index (χ0v) is 5.54. The maximum atomic E-state index is 8.49. The Bertz CT molecular complexity index is 176. The van der Waals surface area contributed by atoms with E-state index in [1.807, 2.05) is 0 Å². The molecule has 0 atom stereocenters. The summed E-state index contributed by atoms with van der Waals surface area (Å²) in [6, 6.07) is 0. The van der Waals surface area contributed by atoms with Crippen LogP contribution < -0.4 is 0 Å². The summed E-state index contributed by atoms with van der Waals surface area (Å²) in [7, 11) is 0. The van der Waals surface area contributed by atoms with Crippen LogP contribution in [0.4, 0.5) is 0 Å². The minimum Gasteiger partial charge on any atom is -0.391 e. The van der Waals surface area contributed by atoms with Crippen LogP contribution in [0.25, 0.3) is 0 Å².